The van der Waals surface area contributed by atoms with Gasteiger partial charge in [-0.1, -0.05) is 78.7 Å². The normalized spacial score (nSPS) is 21.1. The van der Waals surface area contributed by atoms with Gasteiger partial charge in [-0.2, -0.15) is 0 Å². The summed E-state index contributed by atoms with van der Waals surface area (Å²) in [7, 11) is -5.30. The van der Waals surface area contributed by atoms with Crippen LogP contribution in [0.1, 0.15) is 120 Å². The molecule has 4 atom stereocenters. The van der Waals surface area contributed by atoms with Gasteiger partial charge >= 0.3 is 0 Å². The van der Waals surface area contributed by atoms with E-state index in [-0.39, 0.29) is 34.2 Å². The maximum atomic E-state index is 13.2. The molecule has 0 radical (unpaired) electrons. The van der Waals surface area contributed by atoms with Crippen molar-refractivity contribution in [1.29, 1.82) is 0 Å². The Balaban J connectivity index is 1.88. The van der Waals surface area contributed by atoms with Gasteiger partial charge in [-0.25, -0.2) is 16.8 Å². The molecular weight excluding hydrogens is 569 g/mol. The van der Waals surface area contributed by atoms with Crippen molar-refractivity contribution in [1.82, 2.24) is 0 Å². The zero-order chi connectivity index (χ0) is 31.8. The van der Waals surface area contributed by atoms with E-state index in [2.05, 4.69) is 39.8 Å². The van der Waals surface area contributed by atoms with Gasteiger partial charge in [0.25, 0.3) is 0 Å². The second kappa shape index (κ2) is 15.8. The minimum Gasteiger partial charge on any atom is -0.295 e. The van der Waals surface area contributed by atoms with Crippen LogP contribution in [0.5, 0.6) is 0 Å². The number of rotatable bonds is 17. The van der Waals surface area contributed by atoms with E-state index in [1.165, 1.54) is 0 Å². The van der Waals surface area contributed by atoms with Crippen molar-refractivity contribution in [2.75, 3.05) is 0 Å². The van der Waals surface area contributed by atoms with Gasteiger partial charge in [-0.3, -0.25) is 9.59 Å². The first-order valence-electron chi connectivity index (χ1n) is 15.6. The molecule has 238 valence electrons. The third-order valence-electron chi connectivity index (χ3n) is 9.03. The van der Waals surface area contributed by atoms with Crippen molar-refractivity contribution in [2.45, 2.75) is 130 Å². The standard InChI is InChI=1S/C34H54O6S2/c1-23(21-29(35)31-25(3)13-11-17-33(31,5)6)19-27(41(37)38)15-9-10-16-28(42(39)40)20-24(2)22-30(36)32-26(4)14-12-18-34(32,7)8/h11-14,23-24,27-28,41-42H,9-10,15-22H2,1-8H3. The van der Waals surface area contributed by atoms with Crippen molar-refractivity contribution in [3.8, 4) is 0 Å². The van der Waals surface area contributed by atoms with Crippen LogP contribution in [0.2, 0.25) is 0 Å². The zero-order valence-corrected chi connectivity index (χ0v) is 28.8. The van der Waals surface area contributed by atoms with Crippen LogP contribution in [0, 0.1) is 22.7 Å². The molecule has 0 aromatic carbocycles. The Labute approximate surface area is 258 Å². The summed E-state index contributed by atoms with van der Waals surface area (Å²) in [6, 6.07) is 0. The van der Waals surface area contributed by atoms with E-state index in [0.29, 0.717) is 51.4 Å². The number of unbranched alkanes of at least 4 members (excludes halogenated alkanes) is 1. The van der Waals surface area contributed by atoms with Crippen molar-refractivity contribution >= 4 is 33.0 Å². The largest absolute Gasteiger partial charge is 0.295 e. The Morgan fingerprint density at radius 3 is 1.31 bits per heavy atom. The number of carbonyl (C=O) groups is 2. The highest BCUT2D eigenvalue weighted by Crippen LogP contribution is 2.40. The molecule has 0 N–H and O–H groups in total. The molecule has 0 aromatic heterocycles. The molecule has 42 heavy (non-hydrogen) atoms. The molecule has 2 rings (SSSR count). The van der Waals surface area contributed by atoms with Crippen molar-refractivity contribution in [2.24, 2.45) is 22.7 Å². The van der Waals surface area contributed by atoms with E-state index >= 15 is 0 Å². The number of thiol groups is 2. The van der Waals surface area contributed by atoms with Crippen LogP contribution in [0.3, 0.4) is 0 Å². The topological polar surface area (TPSA) is 102 Å². The monoisotopic (exact) mass is 622 g/mol. The molecule has 0 spiro atoms. The van der Waals surface area contributed by atoms with E-state index in [1.54, 1.807) is 0 Å². The van der Waals surface area contributed by atoms with E-state index in [9.17, 15) is 26.4 Å². The molecule has 0 bridgehead atoms. The third kappa shape index (κ3) is 10.4. The summed E-state index contributed by atoms with van der Waals surface area (Å²) in [5, 5.41) is -1.06. The van der Waals surface area contributed by atoms with Crippen LogP contribution < -0.4 is 0 Å². The highest BCUT2D eigenvalue weighted by molar-refractivity contribution is 7.73. The average molecular weight is 623 g/mol. The summed E-state index contributed by atoms with van der Waals surface area (Å²) < 4.78 is 48.2. The minimum absolute atomic E-state index is 0.0666. The summed E-state index contributed by atoms with van der Waals surface area (Å²) in [5.74, 6) is 0.0591. The summed E-state index contributed by atoms with van der Waals surface area (Å²) in [4.78, 5) is 26.3. The Morgan fingerprint density at radius 2 is 1.02 bits per heavy atom. The molecule has 6 nitrogen and oxygen atoms in total. The van der Waals surface area contributed by atoms with Gasteiger partial charge in [0.05, 0.1) is 10.5 Å². The fourth-order valence-corrected chi connectivity index (χ4v) is 8.86. The van der Waals surface area contributed by atoms with Crippen LogP contribution in [0.15, 0.2) is 46.6 Å². The van der Waals surface area contributed by atoms with E-state index < -0.39 is 31.9 Å². The van der Waals surface area contributed by atoms with Crippen LogP contribution in [-0.2, 0) is 31.0 Å². The fourth-order valence-electron chi connectivity index (χ4n) is 7.00. The predicted octanol–water partition coefficient (Wildman–Crippen LogP) is 7.08. The molecule has 4 unspecified atom stereocenters. The first-order chi connectivity index (χ1) is 19.5. The summed E-state index contributed by atoms with van der Waals surface area (Å²) in [6.45, 7) is 16.1. The molecule has 0 fully saturated rings. The molecule has 0 aliphatic heterocycles. The van der Waals surface area contributed by atoms with Crippen LogP contribution in [-0.4, -0.2) is 38.9 Å². The molecule has 0 amide bonds. The van der Waals surface area contributed by atoms with Gasteiger partial charge in [0, 0.05) is 24.0 Å². The first-order valence-corrected chi connectivity index (χ1v) is 18.0. The van der Waals surface area contributed by atoms with Crippen molar-refractivity contribution < 1.29 is 26.4 Å². The number of allylic oxidation sites excluding steroid dienone is 8. The fraction of sp³-hybridized carbons (Fsp3) is 0.706. The lowest BCUT2D eigenvalue weighted by molar-refractivity contribution is -0.118. The van der Waals surface area contributed by atoms with Gasteiger partial charge in [-0.05, 0) is 86.2 Å². The SMILES string of the molecule is CC1=C(C(=O)CC(C)CC(CCCCC(CC(C)CC(=O)C2=C(C)C=CCC2(C)C)[SH](=O)=O)[SH](=O)=O)C(C)(C)CC=C1. The van der Waals surface area contributed by atoms with E-state index in [4.69, 9.17) is 0 Å². The minimum atomic E-state index is -2.65. The van der Waals surface area contributed by atoms with E-state index in [1.807, 2.05) is 39.8 Å². The second-order valence-corrected chi connectivity index (χ2v) is 16.8. The highest BCUT2D eigenvalue weighted by atomic mass is 32.2. The zero-order valence-electron chi connectivity index (χ0n) is 27.0. The second-order valence-electron chi connectivity index (χ2n) is 14.2. The van der Waals surface area contributed by atoms with Gasteiger partial charge in [0.15, 0.2) is 11.6 Å². The number of Topliss-reactive ketones (excluding diaryl/α,β-unsaturated/α-hetero) is 2. The Morgan fingerprint density at radius 1 is 0.690 bits per heavy atom. The molecule has 0 saturated heterocycles. The van der Waals surface area contributed by atoms with Crippen LogP contribution in [0.4, 0.5) is 0 Å². The maximum Gasteiger partial charge on any atom is 0.159 e. The Hall–Kier alpha value is -1.80. The quantitative estimate of drug-likeness (QED) is 0.133. The average Bonchev–Trinajstić information content (AvgIpc) is 2.83. The van der Waals surface area contributed by atoms with Crippen LogP contribution in [0.25, 0.3) is 0 Å². The predicted molar refractivity (Wildman–Crippen MR) is 174 cm³/mol. The number of hydrogen-bond donors (Lipinski definition) is 2. The molecule has 2 aliphatic rings. The third-order valence-corrected chi connectivity index (χ3v) is 11.2. The molecule has 8 heteroatoms. The van der Waals surface area contributed by atoms with Gasteiger partial charge in [-0.15, -0.1) is 0 Å². The lowest BCUT2D eigenvalue weighted by atomic mass is 9.72. The van der Waals surface area contributed by atoms with Gasteiger partial charge < -0.3 is 0 Å². The summed E-state index contributed by atoms with van der Waals surface area (Å²) in [6.07, 6.45) is 13.4. The first kappa shape index (κ1) is 36.4. The maximum absolute atomic E-state index is 13.2. The molecular formula is C34H54O6S2. The van der Waals surface area contributed by atoms with Crippen molar-refractivity contribution in [3.05, 3.63) is 46.6 Å². The van der Waals surface area contributed by atoms with Gasteiger partial charge in [0.2, 0.25) is 0 Å². The summed E-state index contributed by atoms with van der Waals surface area (Å²) in [5.41, 5.74) is 3.23. The Kier molecular flexibility index (Phi) is 13.7. The molecule has 0 heterocycles. The van der Waals surface area contributed by atoms with Crippen LogP contribution >= 0.6 is 0 Å². The number of ketones is 2. The molecule has 2 aliphatic carbocycles. The number of hydrogen-bond acceptors (Lipinski definition) is 6. The highest BCUT2D eigenvalue weighted by Gasteiger charge is 2.33. The lowest BCUT2D eigenvalue weighted by Gasteiger charge is -2.31. The summed E-state index contributed by atoms with van der Waals surface area (Å²) >= 11 is 0. The van der Waals surface area contributed by atoms with Gasteiger partial charge in [0.1, 0.15) is 21.4 Å². The Bertz CT molecular complexity index is 1160. The number of carbonyl (C=O) groups excluding carboxylic acids is 2. The molecule has 0 saturated carbocycles. The molecule has 0 aromatic rings. The lowest BCUT2D eigenvalue weighted by Crippen LogP contribution is -2.26. The van der Waals surface area contributed by atoms with Crippen molar-refractivity contribution in [3.63, 3.8) is 0 Å². The van der Waals surface area contributed by atoms with E-state index in [0.717, 1.165) is 35.1 Å². The smallest absolute Gasteiger partial charge is 0.159 e.